The predicted octanol–water partition coefficient (Wildman–Crippen LogP) is 5.42. The van der Waals surface area contributed by atoms with Crippen LogP contribution in [0, 0.1) is 29.0 Å². The van der Waals surface area contributed by atoms with Gasteiger partial charge in [-0.1, -0.05) is 41.6 Å². The van der Waals surface area contributed by atoms with Crippen molar-refractivity contribution in [1.82, 2.24) is 14.9 Å². The number of carbonyl (C=O) groups is 1. The van der Waals surface area contributed by atoms with E-state index in [2.05, 4.69) is 45.7 Å². The van der Waals surface area contributed by atoms with Crippen LogP contribution in [0.25, 0.3) is 10.9 Å². The Morgan fingerprint density at radius 3 is 2.94 bits per heavy atom. The third kappa shape index (κ3) is 4.16. The summed E-state index contributed by atoms with van der Waals surface area (Å²) in [6.45, 7) is 5.62. The number of allylic oxidation sites excluding steroid dienone is 1. The number of piperidine rings is 1. The molecule has 1 saturated heterocycles. The van der Waals surface area contributed by atoms with Crippen LogP contribution >= 0.6 is 23.2 Å². The summed E-state index contributed by atoms with van der Waals surface area (Å²) < 4.78 is 14.6. The van der Waals surface area contributed by atoms with Gasteiger partial charge in [-0.05, 0) is 55.3 Å². The van der Waals surface area contributed by atoms with E-state index < -0.39 is 5.82 Å². The van der Waals surface area contributed by atoms with Crippen LogP contribution < -0.4 is 5.32 Å². The van der Waals surface area contributed by atoms with Crippen molar-refractivity contribution in [1.29, 1.82) is 0 Å². The first-order valence-corrected chi connectivity index (χ1v) is 11.6. The summed E-state index contributed by atoms with van der Waals surface area (Å²) in [4.78, 5) is 23.2. The van der Waals surface area contributed by atoms with Gasteiger partial charge in [0.2, 0.25) is 0 Å². The summed E-state index contributed by atoms with van der Waals surface area (Å²) in [5.41, 5.74) is 2.31. The molecule has 0 radical (unpaired) electrons. The lowest BCUT2D eigenvalue weighted by atomic mass is 9.98. The van der Waals surface area contributed by atoms with E-state index in [0.29, 0.717) is 22.6 Å². The van der Waals surface area contributed by atoms with Crippen molar-refractivity contribution >= 4 is 51.4 Å². The number of benzene rings is 2. The van der Waals surface area contributed by atoms with Gasteiger partial charge in [-0.3, -0.25) is 4.79 Å². The molecule has 2 atom stereocenters. The van der Waals surface area contributed by atoms with E-state index in [1.54, 1.807) is 0 Å². The topological polar surface area (TPSA) is 58.1 Å². The molecule has 1 N–H and O–H groups in total. The summed E-state index contributed by atoms with van der Waals surface area (Å²) in [6.07, 6.45) is 3.96. The number of nitrogens with one attached hydrogen (secondary N) is 1. The van der Waals surface area contributed by atoms with Crippen LogP contribution in [0.4, 0.5) is 15.9 Å². The normalized spacial score (nSPS) is 21.0. The Hall–Kier alpha value is -2.98. The number of hydrogen-bond donors (Lipinski definition) is 1. The zero-order chi connectivity index (χ0) is 24.0. The van der Waals surface area contributed by atoms with Gasteiger partial charge in [-0.15, -0.1) is 0 Å². The Kier molecular flexibility index (Phi) is 5.81. The van der Waals surface area contributed by atoms with Gasteiger partial charge < -0.3 is 10.2 Å². The number of likely N-dealkylation sites (tertiary alicyclic amines) is 1. The molecular weight excluding hydrogens is 474 g/mol. The molecule has 1 aliphatic carbocycles. The largest absolute Gasteiger partial charge is 0.337 e. The molecule has 2 fully saturated rings. The highest BCUT2D eigenvalue weighted by Crippen LogP contribution is 2.56. The molecule has 172 valence electrons. The Morgan fingerprint density at radius 2 is 2.21 bits per heavy atom. The maximum Gasteiger partial charge on any atom is 0.166 e. The van der Waals surface area contributed by atoms with E-state index >= 15 is 0 Å². The molecule has 5 rings (SSSR count). The van der Waals surface area contributed by atoms with Gasteiger partial charge in [0.25, 0.3) is 0 Å². The van der Waals surface area contributed by atoms with Crippen LogP contribution in [0.15, 0.2) is 43.2 Å². The van der Waals surface area contributed by atoms with Crippen molar-refractivity contribution in [3.05, 3.63) is 70.2 Å². The fraction of sp³-hybridized carbons (Fsp3) is 0.269. The average molecular weight is 495 g/mol. The third-order valence-electron chi connectivity index (χ3n) is 6.50. The molecule has 8 heteroatoms. The summed E-state index contributed by atoms with van der Waals surface area (Å²) in [5, 5.41) is 3.56. The number of rotatable bonds is 5. The minimum absolute atomic E-state index is 0.0488. The average Bonchev–Trinajstić information content (AvgIpc) is 3.38. The Bertz CT molecular complexity index is 1410. The van der Waals surface area contributed by atoms with E-state index in [0.717, 1.165) is 30.6 Å². The number of anilines is 2. The summed E-state index contributed by atoms with van der Waals surface area (Å²) in [5.74, 6) is 7.02. The van der Waals surface area contributed by atoms with Crippen LogP contribution in [0.3, 0.4) is 0 Å². The highest BCUT2D eigenvalue weighted by atomic mass is 35.5. The monoisotopic (exact) mass is 494 g/mol. The van der Waals surface area contributed by atoms with E-state index in [1.165, 1.54) is 24.5 Å². The summed E-state index contributed by atoms with van der Waals surface area (Å²) in [7, 11) is 2.11. The van der Waals surface area contributed by atoms with Crippen molar-refractivity contribution in [2.24, 2.45) is 11.3 Å². The summed E-state index contributed by atoms with van der Waals surface area (Å²) >= 11 is 11.9. The molecule has 2 aliphatic rings. The Balaban J connectivity index is 1.57. The van der Waals surface area contributed by atoms with Crippen molar-refractivity contribution in [3.63, 3.8) is 0 Å². The van der Waals surface area contributed by atoms with Crippen LogP contribution in [0.2, 0.25) is 10.0 Å². The zero-order valence-electron chi connectivity index (χ0n) is 18.5. The molecule has 3 aromatic rings. The van der Waals surface area contributed by atoms with Gasteiger partial charge in [-0.2, -0.15) is 0 Å². The maximum absolute atomic E-state index is 14.6. The molecule has 2 aromatic carbocycles. The van der Waals surface area contributed by atoms with Gasteiger partial charge in [-0.25, -0.2) is 14.4 Å². The van der Waals surface area contributed by atoms with Crippen molar-refractivity contribution in [3.8, 4) is 11.8 Å². The van der Waals surface area contributed by atoms with Gasteiger partial charge in [0.15, 0.2) is 11.6 Å². The van der Waals surface area contributed by atoms with E-state index in [4.69, 9.17) is 23.2 Å². The quantitative estimate of drug-likeness (QED) is 0.291. The Morgan fingerprint density at radius 1 is 1.38 bits per heavy atom. The van der Waals surface area contributed by atoms with Gasteiger partial charge in [0, 0.05) is 35.9 Å². The van der Waals surface area contributed by atoms with Crippen LogP contribution in [-0.4, -0.2) is 40.8 Å². The first-order valence-electron chi connectivity index (χ1n) is 10.8. The highest BCUT2D eigenvalue weighted by molar-refractivity contribution is 6.42. The lowest BCUT2D eigenvalue weighted by Gasteiger charge is -2.13. The maximum atomic E-state index is 14.6. The van der Waals surface area contributed by atoms with Gasteiger partial charge in [0.05, 0.1) is 21.2 Å². The number of nitrogens with zero attached hydrogens (tertiary/aromatic N) is 3. The molecular formula is C26H21Cl2FN4O. The number of hydrogen-bond acceptors (Lipinski definition) is 5. The van der Waals surface area contributed by atoms with Crippen LogP contribution in [-0.2, 0) is 11.2 Å². The SMILES string of the molecule is C=CC(=O)Cc1cc2c(Nc3ccc(Cl)c(Cl)c3F)ncnc2cc1C#C[C@@]12C[C@@H]1CN(C)C2. The predicted molar refractivity (Wildman–Crippen MR) is 133 cm³/mol. The summed E-state index contributed by atoms with van der Waals surface area (Å²) in [6, 6.07) is 6.69. The molecule has 2 heterocycles. The smallest absolute Gasteiger partial charge is 0.166 e. The van der Waals surface area contributed by atoms with E-state index in [-0.39, 0.29) is 33.4 Å². The fourth-order valence-corrected chi connectivity index (χ4v) is 4.95. The molecule has 1 saturated carbocycles. The van der Waals surface area contributed by atoms with Crippen molar-refractivity contribution in [2.45, 2.75) is 12.8 Å². The Labute approximate surface area is 207 Å². The molecule has 5 nitrogen and oxygen atoms in total. The standard InChI is InChI=1S/C26H21Cl2FN4O/c1-3-18(34)8-16-9-19-22(10-15(16)6-7-26-11-17(26)12-33(2)13-26)30-14-31-25(19)32-21-5-4-20(27)23(28)24(21)29/h3-5,9-10,14,17H,1,8,11-13H2,2H3,(H,30,31,32)/t17-,26+/m1/s1. The van der Waals surface area contributed by atoms with E-state index in [9.17, 15) is 9.18 Å². The second-order valence-electron chi connectivity index (χ2n) is 8.95. The minimum Gasteiger partial charge on any atom is -0.337 e. The second-order valence-corrected chi connectivity index (χ2v) is 9.73. The number of halogens is 3. The molecule has 0 spiro atoms. The molecule has 0 bridgehead atoms. The van der Waals surface area contributed by atoms with Gasteiger partial charge in [0.1, 0.15) is 12.1 Å². The minimum atomic E-state index is -0.676. The van der Waals surface area contributed by atoms with Gasteiger partial charge >= 0.3 is 0 Å². The zero-order valence-corrected chi connectivity index (χ0v) is 20.0. The first kappa shape index (κ1) is 22.8. The molecule has 0 unspecified atom stereocenters. The van der Waals surface area contributed by atoms with Crippen LogP contribution in [0.1, 0.15) is 17.5 Å². The van der Waals surface area contributed by atoms with Crippen molar-refractivity contribution < 1.29 is 9.18 Å². The third-order valence-corrected chi connectivity index (χ3v) is 7.28. The van der Waals surface area contributed by atoms with E-state index in [1.807, 2.05) is 12.1 Å². The second kappa shape index (κ2) is 8.66. The first-order chi connectivity index (χ1) is 16.3. The lowest BCUT2D eigenvalue weighted by molar-refractivity contribution is -0.114. The molecule has 1 aromatic heterocycles. The number of fused-ring (bicyclic) bond motifs is 2. The van der Waals surface area contributed by atoms with Crippen LogP contribution in [0.5, 0.6) is 0 Å². The molecule has 34 heavy (non-hydrogen) atoms. The highest BCUT2D eigenvalue weighted by Gasteiger charge is 2.58. The lowest BCUT2D eigenvalue weighted by Crippen LogP contribution is -2.19. The number of aromatic nitrogens is 2. The number of carbonyl (C=O) groups excluding carboxylic acids is 1. The molecule has 0 amide bonds. The van der Waals surface area contributed by atoms with Crippen molar-refractivity contribution in [2.75, 3.05) is 25.5 Å². The molecule has 1 aliphatic heterocycles. The number of ketones is 1. The fourth-order valence-electron chi connectivity index (χ4n) is 4.64.